The van der Waals surface area contributed by atoms with E-state index in [1.54, 1.807) is 0 Å². The van der Waals surface area contributed by atoms with Crippen LogP contribution >= 0.6 is 0 Å². The Morgan fingerprint density at radius 1 is 1.04 bits per heavy atom. The van der Waals surface area contributed by atoms with E-state index in [1.807, 2.05) is 42.5 Å². The smallest absolute Gasteiger partial charge is 0.244 e. The lowest BCUT2D eigenvalue weighted by molar-refractivity contribution is -0.120. The highest BCUT2D eigenvalue weighted by atomic mass is 16.3. The number of nitrogens with one attached hydrogen (secondary N) is 1. The van der Waals surface area contributed by atoms with Gasteiger partial charge in [0.2, 0.25) is 5.91 Å². The number of hydrazone groups is 1. The van der Waals surface area contributed by atoms with Gasteiger partial charge in [-0.1, -0.05) is 42.5 Å². The van der Waals surface area contributed by atoms with Crippen molar-refractivity contribution in [2.75, 3.05) is 0 Å². The summed E-state index contributed by atoms with van der Waals surface area (Å²) in [5.41, 5.74) is 3.77. The molecule has 0 aromatic heterocycles. The molecule has 0 aliphatic rings. The van der Waals surface area contributed by atoms with Crippen LogP contribution in [0.4, 0.5) is 0 Å². The number of phenols is 2. The predicted molar refractivity (Wildman–Crippen MR) is 93.2 cm³/mol. The molecule has 0 aliphatic carbocycles. The minimum Gasteiger partial charge on any atom is -0.508 e. The fourth-order valence-electron chi connectivity index (χ4n) is 2.47. The molecule has 24 heavy (non-hydrogen) atoms. The first-order valence-electron chi connectivity index (χ1n) is 7.44. The SMILES string of the molecule is O=C(Cc1cccc2ccccc12)N/N=C/c1ccc(O)cc1O. The first-order chi connectivity index (χ1) is 11.6. The number of hydrogen-bond acceptors (Lipinski definition) is 4. The second-order valence-corrected chi connectivity index (χ2v) is 5.35. The van der Waals surface area contributed by atoms with Crippen LogP contribution in [0.3, 0.4) is 0 Å². The zero-order chi connectivity index (χ0) is 16.9. The zero-order valence-corrected chi connectivity index (χ0v) is 12.8. The molecule has 0 saturated heterocycles. The number of carbonyl (C=O) groups is 1. The molecule has 3 rings (SSSR count). The van der Waals surface area contributed by atoms with Gasteiger partial charge < -0.3 is 10.2 Å². The molecule has 0 saturated carbocycles. The molecule has 3 aromatic rings. The van der Waals surface area contributed by atoms with E-state index in [0.717, 1.165) is 16.3 Å². The molecule has 0 radical (unpaired) electrons. The number of carbonyl (C=O) groups excluding carboxylic acids is 1. The van der Waals surface area contributed by atoms with Crippen molar-refractivity contribution in [3.8, 4) is 11.5 Å². The molecule has 5 nitrogen and oxygen atoms in total. The summed E-state index contributed by atoms with van der Waals surface area (Å²) in [5.74, 6) is -0.396. The molecule has 120 valence electrons. The second kappa shape index (κ2) is 6.83. The highest BCUT2D eigenvalue weighted by Crippen LogP contribution is 2.21. The fourth-order valence-corrected chi connectivity index (χ4v) is 2.47. The Kier molecular flexibility index (Phi) is 4.43. The second-order valence-electron chi connectivity index (χ2n) is 5.35. The number of aromatic hydroxyl groups is 2. The summed E-state index contributed by atoms with van der Waals surface area (Å²) in [6.07, 6.45) is 1.54. The number of phenolic OH excluding ortho intramolecular Hbond substituents is 2. The third-order valence-corrected chi connectivity index (χ3v) is 3.64. The van der Waals surface area contributed by atoms with Gasteiger partial charge in [0.15, 0.2) is 0 Å². The molecule has 3 N–H and O–H groups in total. The molecule has 5 heteroatoms. The maximum atomic E-state index is 12.1. The summed E-state index contributed by atoms with van der Waals surface area (Å²) in [5, 5.41) is 24.8. The van der Waals surface area contributed by atoms with Crippen molar-refractivity contribution in [1.29, 1.82) is 0 Å². The minimum atomic E-state index is -0.249. The Bertz CT molecular complexity index is 914. The monoisotopic (exact) mass is 320 g/mol. The summed E-state index contributed by atoms with van der Waals surface area (Å²) < 4.78 is 0. The largest absolute Gasteiger partial charge is 0.508 e. The van der Waals surface area contributed by atoms with Gasteiger partial charge in [-0.25, -0.2) is 5.43 Å². The first-order valence-corrected chi connectivity index (χ1v) is 7.44. The number of nitrogens with zero attached hydrogens (tertiary/aromatic N) is 1. The van der Waals surface area contributed by atoms with E-state index >= 15 is 0 Å². The van der Waals surface area contributed by atoms with Crippen LogP contribution in [0.1, 0.15) is 11.1 Å². The maximum Gasteiger partial charge on any atom is 0.244 e. The van der Waals surface area contributed by atoms with Crippen LogP contribution in [-0.4, -0.2) is 22.3 Å². The summed E-state index contributed by atoms with van der Waals surface area (Å²) >= 11 is 0. The van der Waals surface area contributed by atoms with Gasteiger partial charge >= 0.3 is 0 Å². The molecule has 0 spiro atoms. The molecule has 0 fully saturated rings. The molecule has 3 aromatic carbocycles. The standard InChI is InChI=1S/C19H16N2O3/c22-16-9-8-15(18(23)11-16)12-20-21-19(24)10-14-6-3-5-13-4-1-2-7-17(13)14/h1-9,11-12,22-23H,10H2,(H,21,24)/b20-12+. The van der Waals surface area contributed by atoms with Crippen LogP contribution in [0.15, 0.2) is 65.8 Å². The molecular weight excluding hydrogens is 304 g/mol. The van der Waals surface area contributed by atoms with Crippen molar-refractivity contribution in [2.24, 2.45) is 5.10 Å². The van der Waals surface area contributed by atoms with E-state index < -0.39 is 0 Å². The molecular formula is C19H16N2O3. The highest BCUT2D eigenvalue weighted by molar-refractivity contribution is 5.91. The quantitative estimate of drug-likeness (QED) is 0.510. The molecule has 0 heterocycles. The van der Waals surface area contributed by atoms with Crippen molar-refractivity contribution < 1.29 is 15.0 Å². The van der Waals surface area contributed by atoms with Gasteiger partial charge in [0, 0.05) is 11.6 Å². The predicted octanol–water partition coefficient (Wildman–Crippen LogP) is 2.94. The molecule has 1 amide bonds. The molecule has 0 bridgehead atoms. The molecule has 0 aliphatic heterocycles. The van der Waals surface area contributed by atoms with E-state index in [-0.39, 0.29) is 23.8 Å². The third-order valence-electron chi connectivity index (χ3n) is 3.64. The van der Waals surface area contributed by atoms with Gasteiger partial charge in [-0.3, -0.25) is 4.79 Å². The summed E-state index contributed by atoms with van der Waals surface area (Å²) in [7, 11) is 0. The van der Waals surface area contributed by atoms with Crippen LogP contribution in [-0.2, 0) is 11.2 Å². The molecule has 0 atom stereocenters. The van der Waals surface area contributed by atoms with Gasteiger partial charge in [0.05, 0.1) is 12.6 Å². The van der Waals surface area contributed by atoms with Crippen LogP contribution in [0.2, 0.25) is 0 Å². The van der Waals surface area contributed by atoms with Crippen LogP contribution in [0.25, 0.3) is 10.8 Å². The zero-order valence-electron chi connectivity index (χ0n) is 12.8. The topological polar surface area (TPSA) is 81.9 Å². The van der Waals surface area contributed by atoms with E-state index in [1.165, 1.54) is 24.4 Å². The van der Waals surface area contributed by atoms with Crippen molar-refractivity contribution in [2.45, 2.75) is 6.42 Å². The minimum absolute atomic E-state index is 0.0374. The van der Waals surface area contributed by atoms with E-state index in [0.29, 0.717) is 5.56 Å². The number of amides is 1. The summed E-state index contributed by atoms with van der Waals surface area (Å²) in [6.45, 7) is 0. The van der Waals surface area contributed by atoms with E-state index in [4.69, 9.17) is 0 Å². The lowest BCUT2D eigenvalue weighted by Gasteiger charge is -2.05. The average Bonchev–Trinajstić information content (AvgIpc) is 2.57. The number of fused-ring (bicyclic) bond motifs is 1. The van der Waals surface area contributed by atoms with Crippen molar-refractivity contribution >= 4 is 22.9 Å². The van der Waals surface area contributed by atoms with E-state index in [9.17, 15) is 15.0 Å². The number of hydrogen-bond donors (Lipinski definition) is 3. The Hall–Kier alpha value is -3.34. The van der Waals surface area contributed by atoms with Gasteiger partial charge in [-0.2, -0.15) is 5.10 Å². The Morgan fingerprint density at radius 3 is 2.67 bits per heavy atom. The normalized spacial score (nSPS) is 11.0. The van der Waals surface area contributed by atoms with Gasteiger partial charge in [-0.15, -0.1) is 0 Å². The van der Waals surface area contributed by atoms with Crippen molar-refractivity contribution in [3.05, 3.63) is 71.8 Å². The lowest BCUT2D eigenvalue weighted by Crippen LogP contribution is -2.19. The Labute approximate surface area is 138 Å². The van der Waals surface area contributed by atoms with Gasteiger partial charge in [0.1, 0.15) is 11.5 Å². The van der Waals surface area contributed by atoms with Crippen molar-refractivity contribution in [3.63, 3.8) is 0 Å². The first kappa shape index (κ1) is 15.6. The summed E-state index contributed by atoms with van der Waals surface area (Å²) in [4.78, 5) is 12.1. The summed E-state index contributed by atoms with van der Waals surface area (Å²) in [6, 6.07) is 17.9. The number of rotatable bonds is 4. The third kappa shape index (κ3) is 3.52. The van der Waals surface area contributed by atoms with Crippen LogP contribution in [0.5, 0.6) is 11.5 Å². The van der Waals surface area contributed by atoms with Crippen LogP contribution in [0, 0.1) is 0 Å². The lowest BCUT2D eigenvalue weighted by atomic mass is 10.0. The Morgan fingerprint density at radius 2 is 1.83 bits per heavy atom. The molecule has 0 unspecified atom stereocenters. The van der Waals surface area contributed by atoms with Gasteiger partial charge in [-0.05, 0) is 28.5 Å². The fraction of sp³-hybridized carbons (Fsp3) is 0.0526. The maximum absolute atomic E-state index is 12.1. The average molecular weight is 320 g/mol. The number of benzene rings is 3. The Balaban J connectivity index is 1.68. The van der Waals surface area contributed by atoms with Crippen molar-refractivity contribution in [1.82, 2.24) is 5.43 Å². The van der Waals surface area contributed by atoms with E-state index in [2.05, 4.69) is 10.5 Å². The highest BCUT2D eigenvalue weighted by Gasteiger charge is 2.06. The van der Waals surface area contributed by atoms with Gasteiger partial charge in [0.25, 0.3) is 0 Å². The van der Waals surface area contributed by atoms with Crippen LogP contribution < -0.4 is 5.43 Å².